The molecular weight excluding hydrogens is 252 g/mol. The third-order valence-electron chi connectivity index (χ3n) is 3.05. The van der Waals surface area contributed by atoms with Crippen LogP contribution in [-0.2, 0) is 0 Å². The quantitative estimate of drug-likeness (QED) is 0.736. The Morgan fingerprint density at radius 3 is 2.45 bits per heavy atom. The maximum Gasteiger partial charge on any atom is 0.153 e. The molecule has 2 N–H and O–H groups in total. The molecule has 3 rings (SSSR count). The van der Waals surface area contributed by atoms with Crippen molar-refractivity contribution in [3.05, 3.63) is 54.7 Å². The van der Waals surface area contributed by atoms with Gasteiger partial charge in [0, 0.05) is 17.3 Å². The highest BCUT2D eigenvalue weighted by atomic mass is 16.5. The van der Waals surface area contributed by atoms with Crippen LogP contribution in [-0.4, -0.2) is 12.1 Å². The lowest BCUT2D eigenvalue weighted by Gasteiger charge is -2.10. The van der Waals surface area contributed by atoms with Crippen molar-refractivity contribution in [3.63, 3.8) is 0 Å². The van der Waals surface area contributed by atoms with Gasteiger partial charge in [0.2, 0.25) is 0 Å². The van der Waals surface area contributed by atoms with E-state index in [2.05, 4.69) is 4.98 Å². The lowest BCUT2D eigenvalue weighted by molar-refractivity contribution is 0.413. The second-order valence-corrected chi connectivity index (χ2v) is 4.33. The van der Waals surface area contributed by atoms with Gasteiger partial charge in [0.15, 0.2) is 5.75 Å². The molecule has 0 aliphatic carbocycles. The van der Waals surface area contributed by atoms with E-state index < -0.39 is 0 Å². The third kappa shape index (κ3) is 2.23. The van der Waals surface area contributed by atoms with Crippen LogP contribution in [0.3, 0.4) is 0 Å². The van der Waals surface area contributed by atoms with E-state index in [0.717, 1.165) is 22.4 Å². The average molecular weight is 266 g/mol. The van der Waals surface area contributed by atoms with Crippen LogP contribution in [0.25, 0.3) is 10.9 Å². The molecule has 0 radical (unpaired) electrons. The number of fused-ring (bicyclic) bond motifs is 1. The van der Waals surface area contributed by atoms with Crippen LogP contribution in [0.5, 0.6) is 17.2 Å². The van der Waals surface area contributed by atoms with Crippen molar-refractivity contribution in [2.24, 2.45) is 0 Å². The van der Waals surface area contributed by atoms with Gasteiger partial charge in [0.25, 0.3) is 0 Å². The normalized spacial score (nSPS) is 10.4. The summed E-state index contributed by atoms with van der Waals surface area (Å²) in [4.78, 5) is 4.34. The fourth-order valence-corrected chi connectivity index (χ4v) is 2.02. The first-order valence-corrected chi connectivity index (χ1v) is 6.23. The molecule has 0 saturated carbocycles. The van der Waals surface area contributed by atoms with Gasteiger partial charge < -0.3 is 15.2 Å². The molecule has 100 valence electrons. The summed E-state index contributed by atoms with van der Waals surface area (Å²) in [6.45, 7) is 0. The van der Waals surface area contributed by atoms with Gasteiger partial charge in [-0.3, -0.25) is 4.98 Å². The molecule has 0 aliphatic rings. The van der Waals surface area contributed by atoms with Crippen LogP contribution in [0.1, 0.15) is 0 Å². The van der Waals surface area contributed by atoms with Gasteiger partial charge in [-0.05, 0) is 48.5 Å². The Balaban J connectivity index is 2.00. The van der Waals surface area contributed by atoms with Crippen molar-refractivity contribution in [2.75, 3.05) is 12.8 Å². The Labute approximate surface area is 116 Å². The zero-order chi connectivity index (χ0) is 13.9. The number of nitrogen functional groups attached to an aromatic ring is 1. The van der Waals surface area contributed by atoms with E-state index in [1.54, 1.807) is 13.3 Å². The lowest BCUT2D eigenvalue weighted by Crippen LogP contribution is -1.92. The third-order valence-corrected chi connectivity index (χ3v) is 3.05. The molecule has 4 heteroatoms. The molecule has 1 heterocycles. The van der Waals surface area contributed by atoms with Crippen LogP contribution in [0, 0.1) is 0 Å². The van der Waals surface area contributed by atoms with Gasteiger partial charge in [-0.1, -0.05) is 0 Å². The molecule has 3 aromatic rings. The van der Waals surface area contributed by atoms with E-state index in [9.17, 15) is 0 Å². The summed E-state index contributed by atoms with van der Waals surface area (Å²) >= 11 is 0. The number of ether oxygens (including phenoxy) is 2. The monoisotopic (exact) mass is 266 g/mol. The van der Waals surface area contributed by atoms with E-state index >= 15 is 0 Å². The summed E-state index contributed by atoms with van der Waals surface area (Å²) in [5.74, 6) is 2.19. The van der Waals surface area contributed by atoms with Crippen molar-refractivity contribution < 1.29 is 9.47 Å². The number of nitrogens with two attached hydrogens (primary N) is 1. The fraction of sp³-hybridized carbons (Fsp3) is 0.0625. The SMILES string of the molecule is COc1ccc(Oc2ccc(N)c3cccnc23)cc1. The van der Waals surface area contributed by atoms with E-state index in [1.807, 2.05) is 48.5 Å². The van der Waals surface area contributed by atoms with E-state index in [4.69, 9.17) is 15.2 Å². The number of aromatic nitrogens is 1. The molecule has 0 fully saturated rings. The predicted molar refractivity (Wildman–Crippen MR) is 79.2 cm³/mol. The molecule has 4 nitrogen and oxygen atoms in total. The largest absolute Gasteiger partial charge is 0.497 e. The highest BCUT2D eigenvalue weighted by Gasteiger charge is 2.07. The summed E-state index contributed by atoms with van der Waals surface area (Å²) in [5.41, 5.74) is 7.39. The molecule has 0 aliphatic heterocycles. The summed E-state index contributed by atoms with van der Waals surface area (Å²) in [7, 11) is 1.63. The van der Waals surface area contributed by atoms with E-state index in [-0.39, 0.29) is 0 Å². The van der Waals surface area contributed by atoms with Crippen LogP contribution < -0.4 is 15.2 Å². The van der Waals surface area contributed by atoms with Crippen molar-refractivity contribution in [2.45, 2.75) is 0 Å². The number of rotatable bonds is 3. The zero-order valence-corrected chi connectivity index (χ0v) is 11.0. The Hall–Kier alpha value is -2.75. The molecule has 2 aromatic carbocycles. The minimum absolute atomic E-state index is 0.681. The molecule has 20 heavy (non-hydrogen) atoms. The highest BCUT2D eigenvalue weighted by molar-refractivity contribution is 5.94. The Morgan fingerprint density at radius 2 is 1.70 bits per heavy atom. The van der Waals surface area contributed by atoms with Crippen molar-refractivity contribution in [1.29, 1.82) is 0 Å². The van der Waals surface area contributed by atoms with Gasteiger partial charge in [0.1, 0.15) is 17.0 Å². The Bertz CT molecular complexity index is 739. The molecule has 0 saturated heterocycles. The van der Waals surface area contributed by atoms with Gasteiger partial charge in [-0.15, -0.1) is 0 Å². The minimum Gasteiger partial charge on any atom is -0.497 e. The average Bonchev–Trinajstić information content (AvgIpc) is 2.51. The van der Waals surface area contributed by atoms with Gasteiger partial charge >= 0.3 is 0 Å². The summed E-state index contributed by atoms with van der Waals surface area (Å²) < 4.78 is 11.0. The van der Waals surface area contributed by atoms with Crippen LogP contribution in [0.15, 0.2) is 54.7 Å². The topological polar surface area (TPSA) is 57.4 Å². The molecule has 1 aromatic heterocycles. The molecule has 0 atom stereocenters. The Kier molecular flexibility index (Phi) is 3.13. The molecule has 0 bridgehead atoms. The van der Waals surface area contributed by atoms with Crippen LogP contribution in [0.2, 0.25) is 0 Å². The molecule has 0 unspecified atom stereocenters. The van der Waals surface area contributed by atoms with E-state index in [1.165, 1.54) is 0 Å². The zero-order valence-electron chi connectivity index (χ0n) is 11.0. The second kappa shape index (κ2) is 5.09. The summed E-state index contributed by atoms with van der Waals surface area (Å²) in [6.07, 6.45) is 1.72. The summed E-state index contributed by atoms with van der Waals surface area (Å²) in [6, 6.07) is 14.8. The number of hydrogen-bond acceptors (Lipinski definition) is 4. The van der Waals surface area contributed by atoms with Gasteiger partial charge in [0.05, 0.1) is 7.11 Å². The standard InChI is InChI=1S/C16H14N2O2/c1-19-11-4-6-12(7-5-11)20-15-9-8-14(17)13-3-2-10-18-16(13)15/h2-10H,17H2,1H3. The second-order valence-electron chi connectivity index (χ2n) is 4.33. The molecule has 0 amide bonds. The van der Waals surface area contributed by atoms with Crippen molar-refractivity contribution >= 4 is 16.6 Å². The number of benzene rings is 2. The molecule has 0 spiro atoms. The number of methoxy groups -OCH3 is 1. The predicted octanol–water partition coefficient (Wildman–Crippen LogP) is 3.62. The van der Waals surface area contributed by atoms with Crippen molar-refractivity contribution in [3.8, 4) is 17.2 Å². The van der Waals surface area contributed by atoms with Crippen molar-refractivity contribution in [1.82, 2.24) is 4.98 Å². The number of nitrogens with zero attached hydrogens (tertiary/aromatic N) is 1. The van der Waals surface area contributed by atoms with Crippen LogP contribution >= 0.6 is 0 Å². The summed E-state index contributed by atoms with van der Waals surface area (Å²) in [5, 5.41) is 0.888. The number of hydrogen-bond donors (Lipinski definition) is 1. The Morgan fingerprint density at radius 1 is 0.950 bits per heavy atom. The van der Waals surface area contributed by atoms with Crippen LogP contribution in [0.4, 0.5) is 5.69 Å². The smallest absolute Gasteiger partial charge is 0.153 e. The highest BCUT2D eigenvalue weighted by Crippen LogP contribution is 2.32. The first-order valence-electron chi connectivity index (χ1n) is 6.23. The molecular formula is C16H14N2O2. The number of pyridine rings is 1. The van der Waals surface area contributed by atoms with E-state index in [0.29, 0.717) is 11.4 Å². The van der Waals surface area contributed by atoms with Gasteiger partial charge in [-0.25, -0.2) is 0 Å². The maximum atomic E-state index is 5.94. The number of anilines is 1. The first-order chi connectivity index (χ1) is 9.78. The lowest BCUT2D eigenvalue weighted by atomic mass is 10.1. The minimum atomic E-state index is 0.681. The van der Waals surface area contributed by atoms with Gasteiger partial charge in [-0.2, -0.15) is 0 Å². The first kappa shape index (κ1) is 12.3. The maximum absolute atomic E-state index is 5.94. The fourth-order valence-electron chi connectivity index (χ4n) is 2.02.